The van der Waals surface area contributed by atoms with Crippen LogP contribution in [0.2, 0.25) is 0 Å². The van der Waals surface area contributed by atoms with Gasteiger partial charge >= 0.3 is 6.03 Å². The smallest absolute Gasteiger partial charge is 0.308 e. The van der Waals surface area contributed by atoms with Gasteiger partial charge in [-0.05, 0) is 66.1 Å². The molecule has 4 rings (SSSR count). The Balaban J connectivity index is 1.53. The first-order chi connectivity index (χ1) is 14.1. The van der Waals surface area contributed by atoms with Crippen molar-refractivity contribution in [2.75, 3.05) is 10.6 Å². The highest BCUT2D eigenvalue weighted by Gasteiger charge is 2.09. The molecule has 2 heterocycles. The zero-order valence-electron chi connectivity index (χ0n) is 15.4. The van der Waals surface area contributed by atoms with Gasteiger partial charge in [0.05, 0.1) is 17.1 Å². The van der Waals surface area contributed by atoms with Crippen LogP contribution in [0, 0.1) is 17.1 Å². The van der Waals surface area contributed by atoms with Gasteiger partial charge in [-0.3, -0.25) is 5.32 Å². The van der Waals surface area contributed by atoms with Crippen LogP contribution in [-0.4, -0.2) is 10.4 Å². The Bertz CT molecular complexity index is 1220. The Labute approximate surface area is 167 Å². The molecule has 142 valence electrons. The quantitative estimate of drug-likeness (QED) is 0.509. The lowest BCUT2D eigenvalue weighted by molar-refractivity contribution is 0.262. The van der Waals surface area contributed by atoms with Crippen molar-refractivity contribution in [1.29, 1.82) is 5.26 Å². The lowest BCUT2D eigenvalue weighted by Crippen LogP contribution is -2.20. The summed E-state index contributed by atoms with van der Waals surface area (Å²) in [4.78, 5) is 12.4. The first-order valence-electron chi connectivity index (χ1n) is 9.04. The lowest BCUT2D eigenvalue weighted by atomic mass is 10.1. The summed E-state index contributed by atoms with van der Waals surface area (Å²) >= 11 is 0. The summed E-state index contributed by atoms with van der Waals surface area (Å²) in [5.41, 5.74) is 4.05. The van der Waals surface area contributed by atoms with Crippen LogP contribution in [-0.2, 0) is 6.42 Å². The Morgan fingerprint density at radius 2 is 1.79 bits per heavy atom. The van der Waals surface area contributed by atoms with E-state index in [0.717, 1.165) is 16.6 Å². The molecule has 0 aliphatic carbocycles. The average Bonchev–Trinajstić information content (AvgIpc) is 3.14. The summed E-state index contributed by atoms with van der Waals surface area (Å²) in [5.74, 6) is 0.357. The predicted molar refractivity (Wildman–Crippen MR) is 110 cm³/mol. The summed E-state index contributed by atoms with van der Waals surface area (Å²) < 4.78 is 15.0. The largest absolute Gasteiger partial charge is 0.324 e. The number of nitrogens with one attached hydrogen (secondary N) is 2. The number of nitriles is 1. The minimum Gasteiger partial charge on any atom is -0.308 e. The van der Waals surface area contributed by atoms with Gasteiger partial charge in [0, 0.05) is 11.9 Å². The molecule has 2 amide bonds. The molecule has 0 unspecified atom stereocenters. The first-order valence-corrected chi connectivity index (χ1v) is 9.04. The van der Waals surface area contributed by atoms with E-state index in [1.54, 1.807) is 42.5 Å². The molecule has 0 saturated carbocycles. The Morgan fingerprint density at radius 1 is 1.00 bits per heavy atom. The normalized spacial score (nSPS) is 10.5. The van der Waals surface area contributed by atoms with Crippen molar-refractivity contribution >= 4 is 23.1 Å². The number of benzene rings is 2. The SMILES string of the molecule is N#Cc1cccc(NC(=O)Nc2cccc3c(Cc4ccc(F)cc4)ccn23)c1. The Morgan fingerprint density at radius 3 is 2.59 bits per heavy atom. The van der Waals surface area contributed by atoms with E-state index < -0.39 is 6.03 Å². The highest BCUT2D eigenvalue weighted by atomic mass is 19.1. The number of urea groups is 1. The molecule has 5 nitrogen and oxygen atoms in total. The number of aromatic nitrogens is 1. The second-order valence-corrected chi connectivity index (χ2v) is 6.58. The lowest BCUT2D eigenvalue weighted by Gasteiger charge is -2.10. The average molecular weight is 384 g/mol. The third-order valence-corrected chi connectivity index (χ3v) is 4.58. The van der Waals surface area contributed by atoms with Crippen molar-refractivity contribution in [3.05, 3.63) is 102 Å². The zero-order chi connectivity index (χ0) is 20.2. The molecule has 2 N–H and O–H groups in total. The maximum absolute atomic E-state index is 13.1. The molecular weight excluding hydrogens is 367 g/mol. The van der Waals surface area contributed by atoms with E-state index in [1.807, 2.05) is 34.9 Å². The molecule has 0 aliphatic rings. The molecule has 4 aromatic rings. The summed E-state index contributed by atoms with van der Waals surface area (Å²) in [6, 6.07) is 22.4. The molecule has 0 atom stereocenters. The number of pyridine rings is 1. The van der Waals surface area contributed by atoms with Gasteiger partial charge in [0.2, 0.25) is 0 Å². The van der Waals surface area contributed by atoms with Gasteiger partial charge in [-0.1, -0.05) is 24.3 Å². The number of amides is 2. The van der Waals surface area contributed by atoms with Crippen molar-refractivity contribution in [2.24, 2.45) is 0 Å². The second-order valence-electron chi connectivity index (χ2n) is 6.58. The number of carbonyl (C=O) groups is 1. The summed E-state index contributed by atoms with van der Waals surface area (Å²) in [6.45, 7) is 0. The number of halogens is 1. The van der Waals surface area contributed by atoms with Crippen LogP contribution in [0.3, 0.4) is 0 Å². The number of carbonyl (C=O) groups excluding carboxylic acids is 1. The number of anilines is 2. The van der Waals surface area contributed by atoms with Gasteiger partial charge < -0.3 is 9.72 Å². The number of fused-ring (bicyclic) bond motifs is 1. The van der Waals surface area contributed by atoms with Crippen LogP contribution >= 0.6 is 0 Å². The minimum atomic E-state index is -0.402. The fourth-order valence-electron chi connectivity index (χ4n) is 3.21. The highest BCUT2D eigenvalue weighted by Crippen LogP contribution is 2.21. The molecule has 29 heavy (non-hydrogen) atoms. The molecule has 2 aromatic carbocycles. The fraction of sp³-hybridized carbons (Fsp3) is 0.0435. The monoisotopic (exact) mass is 384 g/mol. The van der Waals surface area contributed by atoms with Gasteiger partial charge in [0.15, 0.2) is 0 Å². The molecule has 0 aliphatic heterocycles. The van der Waals surface area contributed by atoms with Gasteiger partial charge in [0.25, 0.3) is 0 Å². The van der Waals surface area contributed by atoms with Crippen molar-refractivity contribution in [3.8, 4) is 6.07 Å². The van der Waals surface area contributed by atoms with Crippen molar-refractivity contribution in [3.63, 3.8) is 0 Å². The van der Waals surface area contributed by atoms with E-state index in [2.05, 4.69) is 10.6 Å². The van der Waals surface area contributed by atoms with Crippen LogP contribution in [0.1, 0.15) is 16.7 Å². The van der Waals surface area contributed by atoms with Gasteiger partial charge in [0.1, 0.15) is 11.6 Å². The van der Waals surface area contributed by atoms with E-state index in [4.69, 9.17) is 5.26 Å². The summed E-state index contributed by atoms with van der Waals surface area (Å²) in [7, 11) is 0. The molecule has 0 radical (unpaired) electrons. The fourth-order valence-corrected chi connectivity index (χ4v) is 3.21. The maximum atomic E-state index is 13.1. The molecular formula is C23H17FN4O. The number of rotatable bonds is 4. The van der Waals surface area contributed by atoms with Crippen LogP contribution in [0.5, 0.6) is 0 Å². The standard InChI is InChI=1S/C23H17FN4O/c24-19-9-7-16(8-10-19)13-18-11-12-28-21(18)5-2-6-22(28)27-23(29)26-20-4-1-3-17(14-20)15-25/h1-12,14H,13H2,(H2,26,27,29). The van der Waals surface area contributed by atoms with Crippen LogP contribution in [0.25, 0.3) is 5.52 Å². The number of nitrogens with zero attached hydrogens (tertiary/aromatic N) is 2. The molecule has 6 heteroatoms. The van der Waals surface area contributed by atoms with Gasteiger partial charge in [-0.25, -0.2) is 9.18 Å². The Hall–Kier alpha value is -4.11. The molecule has 0 saturated heterocycles. The van der Waals surface area contributed by atoms with Crippen molar-refractivity contribution < 1.29 is 9.18 Å². The minimum absolute atomic E-state index is 0.256. The summed E-state index contributed by atoms with van der Waals surface area (Å²) in [5, 5.41) is 14.5. The van der Waals surface area contributed by atoms with E-state index in [0.29, 0.717) is 23.5 Å². The van der Waals surface area contributed by atoms with Crippen molar-refractivity contribution in [1.82, 2.24) is 4.40 Å². The third kappa shape index (κ3) is 4.09. The first kappa shape index (κ1) is 18.3. The predicted octanol–water partition coefficient (Wildman–Crippen LogP) is 5.18. The van der Waals surface area contributed by atoms with Crippen molar-refractivity contribution in [2.45, 2.75) is 6.42 Å². The summed E-state index contributed by atoms with van der Waals surface area (Å²) in [6.07, 6.45) is 2.55. The molecule has 0 fully saturated rings. The van der Waals surface area contributed by atoms with Crippen LogP contribution < -0.4 is 10.6 Å². The molecule has 0 spiro atoms. The topological polar surface area (TPSA) is 69.3 Å². The van der Waals surface area contributed by atoms with E-state index in [1.165, 1.54) is 12.1 Å². The van der Waals surface area contributed by atoms with Gasteiger partial charge in [-0.2, -0.15) is 5.26 Å². The Kier molecular flexibility index (Phi) is 4.95. The number of hydrogen-bond donors (Lipinski definition) is 2. The molecule has 0 bridgehead atoms. The second kappa shape index (κ2) is 7.87. The highest BCUT2D eigenvalue weighted by molar-refractivity contribution is 5.99. The zero-order valence-corrected chi connectivity index (χ0v) is 15.4. The molecule has 2 aromatic heterocycles. The number of hydrogen-bond acceptors (Lipinski definition) is 2. The van der Waals surface area contributed by atoms with E-state index in [-0.39, 0.29) is 5.82 Å². The van der Waals surface area contributed by atoms with Gasteiger partial charge in [-0.15, -0.1) is 0 Å². The van der Waals surface area contributed by atoms with Crippen LogP contribution in [0.4, 0.5) is 20.7 Å². The maximum Gasteiger partial charge on any atom is 0.324 e. The van der Waals surface area contributed by atoms with Crippen LogP contribution in [0.15, 0.2) is 79.0 Å². The van der Waals surface area contributed by atoms with E-state index >= 15 is 0 Å². The van der Waals surface area contributed by atoms with E-state index in [9.17, 15) is 9.18 Å². The third-order valence-electron chi connectivity index (χ3n) is 4.58.